The molecule has 2 heterocycles. The number of hydrogen-bond donors (Lipinski definition) is 1. The third-order valence-electron chi connectivity index (χ3n) is 5.99. The summed E-state index contributed by atoms with van der Waals surface area (Å²) in [6.45, 7) is 0. The zero-order chi connectivity index (χ0) is 16.3. The van der Waals surface area contributed by atoms with Crippen LogP contribution in [0.2, 0.25) is 0 Å². The van der Waals surface area contributed by atoms with Crippen molar-refractivity contribution >= 4 is 5.91 Å². The molecule has 2 aliphatic heterocycles. The highest BCUT2D eigenvalue weighted by atomic mass is 16.3. The number of nitrogens with zero attached hydrogens (tertiary/aromatic N) is 1. The Morgan fingerprint density at radius 3 is 2.46 bits per heavy atom. The average Bonchev–Trinajstić information content (AvgIpc) is 3.09. The predicted molar refractivity (Wildman–Crippen MR) is 92.9 cm³/mol. The van der Waals surface area contributed by atoms with Gasteiger partial charge in [-0.1, -0.05) is 30.3 Å². The number of piperidine rings is 1. The first kappa shape index (κ1) is 14.2. The van der Waals surface area contributed by atoms with Gasteiger partial charge in [-0.3, -0.25) is 4.79 Å². The number of fused-ring (bicyclic) bond motifs is 5. The molecule has 1 N–H and O–H groups in total. The molecular formula is C21H21NO2. The van der Waals surface area contributed by atoms with Crippen molar-refractivity contribution in [2.45, 2.75) is 50.3 Å². The third-order valence-corrected chi connectivity index (χ3v) is 5.99. The van der Waals surface area contributed by atoms with Crippen LogP contribution in [0.4, 0.5) is 0 Å². The van der Waals surface area contributed by atoms with Crippen molar-refractivity contribution in [3.8, 4) is 11.1 Å². The molecule has 0 spiro atoms. The summed E-state index contributed by atoms with van der Waals surface area (Å²) in [6.07, 6.45) is 4.24. The number of carbonyl (C=O) groups excluding carboxylic acids is 1. The van der Waals surface area contributed by atoms with Crippen LogP contribution < -0.4 is 0 Å². The summed E-state index contributed by atoms with van der Waals surface area (Å²) >= 11 is 0. The van der Waals surface area contributed by atoms with Gasteiger partial charge in [-0.15, -0.1) is 0 Å². The Balaban J connectivity index is 1.50. The van der Waals surface area contributed by atoms with Gasteiger partial charge < -0.3 is 10.0 Å². The lowest BCUT2D eigenvalue weighted by molar-refractivity contribution is 0.0287. The molecule has 3 aliphatic rings. The summed E-state index contributed by atoms with van der Waals surface area (Å²) in [5.41, 5.74) is 5.92. The number of rotatable bonds is 1. The van der Waals surface area contributed by atoms with Crippen molar-refractivity contribution < 1.29 is 9.90 Å². The van der Waals surface area contributed by atoms with Crippen LogP contribution in [0.5, 0.6) is 0 Å². The molecular weight excluding hydrogens is 298 g/mol. The molecule has 1 aliphatic carbocycles. The lowest BCUT2D eigenvalue weighted by Gasteiger charge is -2.37. The average molecular weight is 319 g/mol. The summed E-state index contributed by atoms with van der Waals surface area (Å²) in [6, 6.07) is 15.1. The molecule has 2 saturated heterocycles. The van der Waals surface area contributed by atoms with Crippen molar-refractivity contribution in [2.75, 3.05) is 0 Å². The molecule has 122 valence electrons. The fourth-order valence-corrected chi connectivity index (χ4v) is 4.89. The quantitative estimate of drug-likeness (QED) is 0.747. The Morgan fingerprint density at radius 2 is 1.67 bits per heavy atom. The van der Waals surface area contributed by atoms with Gasteiger partial charge in [0.15, 0.2) is 0 Å². The normalized spacial score (nSPS) is 27.0. The van der Waals surface area contributed by atoms with Gasteiger partial charge in [-0.25, -0.2) is 0 Å². The zero-order valence-electron chi connectivity index (χ0n) is 13.6. The maximum absolute atomic E-state index is 13.1. The minimum Gasteiger partial charge on any atom is -0.393 e. The summed E-state index contributed by atoms with van der Waals surface area (Å²) in [7, 11) is 0. The van der Waals surface area contributed by atoms with Crippen LogP contribution >= 0.6 is 0 Å². The second-order valence-electron chi connectivity index (χ2n) is 7.43. The number of benzene rings is 2. The Hall–Kier alpha value is -2.13. The molecule has 0 aromatic heterocycles. The van der Waals surface area contributed by atoms with Gasteiger partial charge >= 0.3 is 0 Å². The van der Waals surface area contributed by atoms with E-state index >= 15 is 0 Å². The SMILES string of the molecule is O=C(c1ccc2c(c1)-c1ccccc1C2)N1[C@@H]2CC[C@H]1CC(O)C2. The van der Waals surface area contributed by atoms with Crippen molar-refractivity contribution in [3.05, 3.63) is 59.2 Å². The Labute approximate surface area is 141 Å². The molecule has 24 heavy (non-hydrogen) atoms. The maximum Gasteiger partial charge on any atom is 0.254 e. The summed E-state index contributed by atoms with van der Waals surface area (Å²) in [5.74, 6) is 0.140. The van der Waals surface area contributed by atoms with Crippen molar-refractivity contribution in [3.63, 3.8) is 0 Å². The summed E-state index contributed by atoms with van der Waals surface area (Å²) in [4.78, 5) is 15.2. The first-order valence-corrected chi connectivity index (χ1v) is 8.92. The second-order valence-corrected chi connectivity index (χ2v) is 7.43. The van der Waals surface area contributed by atoms with E-state index < -0.39 is 0 Å². The summed E-state index contributed by atoms with van der Waals surface area (Å²) < 4.78 is 0. The van der Waals surface area contributed by atoms with Crippen molar-refractivity contribution in [2.24, 2.45) is 0 Å². The molecule has 2 aromatic rings. The lowest BCUT2D eigenvalue weighted by Crippen LogP contribution is -2.48. The van der Waals surface area contributed by atoms with Crippen molar-refractivity contribution in [1.82, 2.24) is 4.90 Å². The van der Waals surface area contributed by atoms with Crippen LogP contribution in [0, 0.1) is 0 Å². The number of aliphatic hydroxyl groups is 1. The summed E-state index contributed by atoms with van der Waals surface area (Å²) in [5, 5.41) is 9.96. The Bertz CT molecular complexity index is 814. The standard InChI is InChI=1S/C21H21NO2/c23-18-11-16-7-8-17(12-18)22(16)21(24)15-6-5-14-9-13-3-1-2-4-19(13)20(14)10-15/h1-6,10,16-18,23H,7-9,11-12H2/t16-,17+,18?. The largest absolute Gasteiger partial charge is 0.393 e. The maximum atomic E-state index is 13.1. The highest BCUT2D eigenvalue weighted by Gasteiger charge is 2.43. The van der Waals surface area contributed by atoms with E-state index in [0.29, 0.717) is 0 Å². The highest BCUT2D eigenvalue weighted by Crippen LogP contribution is 2.39. The molecule has 2 fully saturated rings. The molecule has 5 rings (SSSR count). The highest BCUT2D eigenvalue weighted by molar-refractivity contribution is 5.97. The molecule has 3 heteroatoms. The molecule has 1 unspecified atom stereocenters. The monoisotopic (exact) mass is 319 g/mol. The van der Waals surface area contributed by atoms with E-state index in [2.05, 4.69) is 41.3 Å². The third kappa shape index (κ3) is 2.04. The van der Waals surface area contributed by atoms with Crippen LogP contribution in [-0.4, -0.2) is 34.1 Å². The lowest BCUT2D eigenvalue weighted by atomic mass is 9.97. The molecule has 3 nitrogen and oxygen atoms in total. The van der Waals surface area contributed by atoms with E-state index in [1.54, 1.807) is 0 Å². The molecule has 0 saturated carbocycles. The Morgan fingerprint density at radius 1 is 0.958 bits per heavy atom. The zero-order valence-corrected chi connectivity index (χ0v) is 13.6. The number of hydrogen-bond acceptors (Lipinski definition) is 2. The van der Waals surface area contributed by atoms with Crippen LogP contribution in [0.25, 0.3) is 11.1 Å². The van der Waals surface area contributed by atoms with E-state index in [0.717, 1.165) is 37.7 Å². The Kier molecular flexibility index (Phi) is 3.07. The first-order chi connectivity index (χ1) is 11.7. The topological polar surface area (TPSA) is 40.5 Å². The fourth-order valence-electron chi connectivity index (χ4n) is 4.89. The van der Waals surface area contributed by atoms with Gasteiger partial charge in [0, 0.05) is 17.6 Å². The fraction of sp³-hybridized carbons (Fsp3) is 0.381. The van der Waals surface area contributed by atoms with Crippen LogP contribution in [0.1, 0.15) is 47.2 Å². The van der Waals surface area contributed by atoms with Crippen LogP contribution in [0.15, 0.2) is 42.5 Å². The van der Waals surface area contributed by atoms with Gasteiger partial charge in [-0.2, -0.15) is 0 Å². The van der Waals surface area contributed by atoms with E-state index in [1.165, 1.54) is 22.3 Å². The second kappa shape index (κ2) is 5.18. The number of amides is 1. The van der Waals surface area contributed by atoms with Gasteiger partial charge in [-0.05, 0) is 66.5 Å². The smallest absolute Gasteiger partial charge is 0.254 e. The van der Waals surface area contributed by atoms with Gasteiger partial charge in [0.25, 0.3) is 5.91 Å². The van der Waals surface area contributed by atoms with Gasteiger partial charge in [0.2, 0.25) is 0 Å². The minimum absolute atomic E-state index is 0.140. The molecule has 2 aromatic carbocycles. The molecule has 0 radical (unpaired) electrons. The predicted octanol–water partition coefficient (Wildman–Crippen LogP) is 3.39. The van der Waals surface area contributed by atoms with E-state index in [4.69, 9.17) is 0 Å². The minimum atomic E-state index is -0.238. The molecule has 3 atom stereocenters. The number of carbonyl (C=O) groups is 1. The van der Waals surface area contributed by atoms with Crippen molar-refractivity contribution in [1.29, 1.82) is 0 Å². The van der Waals surface area contributed by atoms with E-state index in [9.17, 15) is 9.90 Å². The van der Waals surface area contributed by atoms with Gasteiger partial charge in [0.05, 0.1) is 6.10 Å². The van der Waals surface area contributed by atoms with Crippen LogP contribution in [-0.2, 0) is 6.42 Å². The molecule has 1 amide bonds. The van der Waals surface area contributed by atoms with E-state index in [-0.39, 0.29) is 24.1 Å². The van der Waals surface area contributed by atoms with Crippen LogP contribution in [0.3, 0.4) is 0 Å². The van der Waals surface area contributed by atoms with E-state index in [1.807, 2.05) is 6.07 Å². The number of aliphatic hydroxyl groups excluding tert-OH is 1. The van der Waals surface area contributed by atoms with Gasteiger partial charge in [0.1, 0.15) is 0 Å². The molecule has 2 bridgehead atoms. The first-order valence-electron chi connectivity index (χ1n) is 8.92.